The summed E-state index contributed by atoms with van der Waals surface area (Å²) < 4.78 is 165. The van der Waals surface area contributed by atoms with Crippen molar-refractivity contribution in [2.75, 3.05) is 19.8 Å². The standard InChI is InChI=1S/C20H27F11O11/c21-16(22,18(24,25)17(23,19(26,27)28)20(29,30)31)2-1-3-39-14-12(38)10(36)13(7(5-33)41-14)42-15-11(37)9(35)8(34)6(4-32)40-15/h6-15,32-38H,1-5H2/t6?,7?,8-,9+,10-,11?,12?,13-,14-,15-/m1/s1. The van der Waals surface area contributed by atoms with Crippen LogP contribution in [-0.4, -0.2) is 147 Å². The molecule has 0 aromatic rings. The summed E-state index contributed by atoms with van der Waals surface area (Å²) in [4.78, 5) is 0. The minimum Gasteiger partial charge on any atom is -0.394 e. The molecule has 0 aromatic carbocycles. The molecule has 2 rings (SSSR count). The lowest BCUT2D eigenvalue weighted by Crippen LogP contribution is -2.70. The van der Waals surface area contributed by atoms with Crippen LogP contribution in [-0.2, 0) is 18.9 Å². The first-order valence-electron chi connectivity index (χ1n) is 11.8. The lowest BCUT2D eigenvalue weighted by atomic mass is 9.88. The smallest absolute Gasteiger partial charge is 0.394 e. The van der Waals surface area contributed by atoms with Gasteiger partial charge in [-0.05, 0) is 6.42 Å². The van der Waals surface area contributed by atoms with E-state index in [0.717, 1.165) is 0 Å². The maximum Gasteiger partial charge on any atom is 0.438 e. The third-order valence-electron chi connectivity index (χ3n) is 6.55. The van der Waals surface area contributed by atoms with Crippen molar-refractivity contribution < 1.29 is 103 Å². The average Bonchev–Trinajstić information content (AvgIpc) is 2.88. The van der Waals surface area contributed by atoms with Crippen LogP contribution < -0.4 is 0 Å². The molecule has 0 bridgehead atoms. The molecule has 2 aliphatic heterocycles. The normalized spacial score (nSPS) is 35.9. The van der Waals surface area contributed by atoms with Crippen LogP contribution >= 0.6 is 0 Å². The summed E-state index contributed by atoms with van der Waals surface area (Å²) in [5.41, 5.74) is -7.62. The van der Waals surface area contributed by atoms with Gasteiger partial charge in [-0.2, -0.15) is 43.9 Å². The van der Waals surface area contributed by atoms with Crippen LogP contribution in [0.25, 0.3) is 0 Å². The summed E-state index contributed by atoms with van der Waals surface area (Å²) >= 11 is 0. The predicted octanol–water partition coefficient (Wildman–Crippen LogP) is -0.489. The van der Waals surface area contributed by atoms with Gasteiger partial charge in [0, 0.05) is 6.42 Å². The molecule has 250 valence electrons. The van der Waals surface area contributed by atoms with Crippen LogP contribution in [0.1, 0.15) is 12.8 Å². The molecule has 10 atom stereocenters. The number of hydrogen-bond donors (Lipinski definition) is 7. The fourth-order valence-electron chi connectivity index (χ4n) is 4.11. The van der Waals surface area contributed by atoms with Gasteiger partial charge in [0.15, 0.2) is 12.6 Å². The van der Waals surface area contributed by atoms with E-state index in [1.54, 1.807) is 0 Å². The zero-order valence-corrected chi connectivity index (χ0v) is 20.7. The third-order valence-corrected chi connectivity index (χ3v) is 6.55. The van der Waals surface area contributed by atoms with Crippen molar-refractivity contribution in [2.45, 2.75) is 104 Å². The Balaban J connectivity index is 2.06. The molecule has 11 nitrogen and oxygen atoms in total. The van der Waals surface area contributed by atoms with E-state index in [-0.39, 0.29) is 0 Å². The van der Waals surface area contributed by atoms with Gasteiger partial charge < -0.3 is 54.7 Å². The van der Waals surface area contributed by atoms with Gasteiger partial charge in [-0.25, -0.2) is 4.39 Å². The highest BCUT2D eigenvalue weighted by Crippen LogP contribution is 2.59. The summed E-state index contributed by atoms with van der Waals surface area (Å²) in [5.74, 6) is -13.6. The van der Waals surface area contributed by atoms with Crippen LogP contribution in [0.15, 0.2) is 0 Å². The Morgan fingerprint density at radius 1 is 0.595 bits per heavy atom. The van der Waals surface area contributed by atoms with Crippen LogP contribution in [0, 0.1) is 0 Å². The van der Waals surface area contributed by atoms with E-state index in [1.165, 1.54) is 0 Å². The van der Waals surface area contributed by atoms with Gasteiger partial charge in [0.25, 0.3) is 0 Å². The van der Waals surface area contributed by atoms with Gasteiger partial charge in [-0.15, -0.1) is 0 Å². The second-order valence-electron chi connectivity index (χ2n) is 9.41. The van der Waals surface area contributed by atoms with Crippen LogP contribution in [0.5, 0.6) is 0 Å². The van der Waals surface area contributed by atoms with E-state index in [0.29, 0.717) is 0 Å². The molecular weight excluding hydrogens is 625 g/mol. The third kappa shape index (κ3) is 6.72. The van der Waals surface area contributed by atoms with Crippen molar-refractivity contribution in [3.8, 4) is 0 Å². The molecule has 0 amide bonds. The Kier molecular flexibility index (Phi) is 11.5. The molecule has 22 heteroatoms. The van der Waals surface area contributed by atoms with Crippen LogP contribution in [0.4, 0.5) is 48.3 Å². The largest absolute Gasteiger partial charge is 0.438 e. The fourth-order valence-corrected chi connectivity index (χ4v) is 4.11. The summed E-state index contributed by atoms with van der Waals surface area (Å²) in [7, 11) is 0. The summed E-state index contributed by atoms with van der Waals surface area (Å²) in [6.45, 7) is -3.22. The van der Waals surface area contributed by atoms with E-state index in [1.807, 2.05) is 0 Å². The lowest BCUT2D eigenvalue weighted by Gasteiger charge is -2.46. The van der Waals surface area contributed by atoms with E-state index in [4.69, 9.17) is 18.9 Å². The minimum absolute atomic E-state index is 0.889. The van der Waals surface area contributed by atoms with E-state index < -0.39 is 124 Å². The van der Waals surface area contributed by atoms with Crippen molar-refractivity contribution in [1.29, 1.82) is 0 Å². The number of hydrogen-bond acceptors (Lipinski definition) is 11. The summed E-state index contributed by atoms with van der Waals surface area (Å²) in [6.07, 6.45) is -38.2. The number of ether oxygens (including phenoxy) is 4. The van der Waals surface area contributed by atoms with Crippen molar-refractivity contribution >= 4 is 0 Å². The van der Waals surface area contributed by atoms with Gasteiger partial charge in [-0.1, -0.05) is 0 Å². The Bertz CT molecular complexity index is 860. The molecule has 2 heterocycles. The Morgan fingerprint density at radius 2 is 1.07 bits per heavy atom. The quantitative estimate of drug-likeness (QED) is 0.113. The highest BCUT2D eigenvalue weighted by atomic mass is 19.4. The molecule has 0 radical (unpaired) electrons. The molecule has 2 fully saturated rings. The maximum atomic E-state index is 13.9. The zero-order chi connectivity index (χ0) is 32.6. The van der Waals surface area contributed by atoms with E-state index in [9.17, 15) is 84.0 Å². The lowest BCUT2D eigenvalue weighted by molar-refractivity contribution is -0.427. The highest BCUT2D eigenvalue weighted by Gasteiger charge is 2.89. The van der Waals surface area contributed by atoms with Crippen molar-refractivity contribution in [3.63, 3.8) is 0 Å². The number of rotatable bonds is 11. The molecule has 2 aliphatic rings. The number of alkyl halides is 11. The van der Waals surface area contributed by atoms with Gasteiger partial charge in [-0.3, -0.25) is 0 Å². The van der Waals surface area contributed by atoms with E-state index in [2.05, 4.69) is 0 Å². The van der Waals surface area contributed by atoms with Crippen molar-refractivity contribution in [3.05, 3.63) is 0 Å². The topological polar surface area (TPSA) is 179 Å². The van der Waals surface area contributed by atoms with E-state index >= 15 is 0 Å². The molecule has 0 aliphatic carbocycles. The predicted molar refractivity (Wildman–Crippen MR) is 107 cm³/mol. The van der Waals surface area contributed by atoms with Crippen molar-refractivity contribution in [1.82, 2.24) is 0 Å². The number of aliphatic hydroxyl groups is 7. The first-order valence-corrected chi connectivity index (χ1v) is 11.8. The second-order valence-corrected chi connectivity index (χ2v) is 9.41. The minimum atomic E-state index is -7.62. The average molecular weight is 652 g/mol. The van der Waals surface area contributed by atoms with Gasteiger partial charge in [0.2, 0.25) is 0 Å². The van der Waals surface area contributed by atoms with Gasteiger partial charge in [0.1, 0.15) is 48.8 Å². The Hall–Kier alpha value is -1.21. The molecule has 0 aromatic heterocycles. The maximum absolute atomic E-state index is 13.9. The van der Waals surface area contributed by atoms with Crippen LogP contribution in [0.3, 0.4) is 0 Å². The summed E-state index contributed by atoms with van der Waals surface area (Å²) in [6, 6.07) is 0. The molecule has 7 N–H and O–H groups in total. The summed E-state index contributed by atoms with van der Waals surface area (Å²) in [5, 5.41) is 69.0. The molecule has 0 spiro atoms. The fraction of sp³-hybridized carbons (Fsp3) is 1.00. The second kappa shape index (κ2) is 13.0. The molecule has 4 unspecified atom stereocenters. The van der Waals surface area contributed by atoms with Gasteiger partial charge >= 0.3 is 29.9 Å². The SMILES string of the molecule is OCC1O[C@H](O[C@@H]2C(CO)O[C@@H](OCCCC(F)(F)C(F)(F)C(F)(C(F)(F)F)C(F)(F)F)C(O)[C@H]2O)C(O)[C@@H](O)[C@@H]1O. The highest BCUT2D eigenvalue weighted by molar-refractivity contribution is 5.11. The molecular formula is C20H27F11O11. The van der Waals surface area contributed by atoms with Crippen molar-refractivity contribution in [2.24, 2.45) is 0 Å². The first-order chi connectivity index (χ1) is 19.0. The van der Waals surface area contributed by atoms with Crippen LogP contribution in [0.2, 0.25) is 0 Å². The monoisotopic (exact) mass is 652 g/mol. The first kappa shape index (κ1) is 37.0. The molecule has 42 heavy (non-hydrogen) atoms. The zero-order valence-electron chi connectivity index (χ0n) is 20.7. The number of halogens is 11. The number of aliphatic hydroxyl groups excluding tert-OH is 7. The van der Waals surface area contributed by atoms with Gasteiger partial charge in [0.05, 0.1) is 19.8 Å². The Labute approximate surface area is 227 Å². The Morgan fingerprint density at radius 3 is 1.55 bits per heavy atom. The molecule has 0 saturated carbocycles. The molecule has 2 saturated heterocycles.